The van der Waals surface area contributed by atoms with Crippen LogP contribution in [0.25, 0.3) is 0 Å². The first-order valence-electron chi connectivity index (χ1n) is 5.12. The highest BCUT2D eigenvalue weighted by Gasteiger charge is 2.41. The van der Waals surface area contributed by atoms with Gasteiger partial charge in [-0.2, -0.15) is 0 Å². The minimum atomic E-state index is -3.44. The van der Waals surface area contributed by atoms with E-state index in [9.17, 15) is 13.2 Å². The number of sulfonamides is 1. The zero-order valence-corrected chi connectivity index (χ0v) is 9.99. The van der Waals surface area contributed by atoms with Gasteiger partial charge in [-0.25, -0.2) is 8.42 Å². The zero-order chi connectivity index (χ0) is 11.5. The van der Waals surface area contributed by atoms with E-state index in [-0.39, 0.29) is 5.91 Å². The molecule has 1 saturated heterocycles. The SMILES string of the molecule is CCCC1(C(=O)NS(C)(=O)=O)CCNC1. The molecule has 1 heterocycles. The molecule has 0 radical (unpaired) electrons. The standard InChI is InChI=1S/C9H18N2O3S/c1-3-4-9(5-6-10-7-9)8(12)11-15(2,13)14/h10H,3-7H2,1-2H3,(H,11,12). The van der Waals surface area contributed by atoms with Gasteiger partial charge < -0.3 is 5.32 Å². The maximum Gasteiger partial charge on any atom is 0.240 e. The maximum atomic E-state index is 11.8. The van der Waals surface area contributed by atoms with E-state index in [1.807, 2.05) is 6.92 Å². The van der Waals surface area contributed by atoms with E-state index in [0.29, 0.717) is 13.0 Å². The van der Waals surface area contributed by atoms with E-state index in [1.54, 1.807) is 0 Å². The number of carbonyl (C=O) groups excluding carboxylic acids is 1. The molecule has 15 heavy (non-hydrogen) atoms. The van der Waals surface area contributed by atoms with Crippen molar-refractivity contribution in [3.63, 3.8) is 0 Å². The second kappa shape index (κ2) is 4.49. The summed E-state index contributed by atoms with van der Waals surface area (Å²) in [5.41, 5.74) is -0.530. The molecule has 1 aliphatic heterocycles. The van der Waals surface area contributed by atoms with Crippen LogP contribution < -0.4 is 10.0 Å². The van der Waals surface area contributed by atoms with Crippen molar-refractivity contribution < 1.29 is 13.2 Å². The van der Waals surface area contributed by atoms with Crippen molar-refractivity contribution in [2.45, 2.75) is 26.2 Å². The van der Waals surface area contributed by atoms with Crippen LogP contribution in [0.3, 0.4) is 0 Å². The van der Waals surface area contributed by atoms with Crippen molar-refractivity contribution in [3.8, 4) is 0 Å². The highest BCUT2D eigenvalue weighted by atomic mass is 32.2. The summed E-state index contributed by atoms with van der Waals surface area (Å²) in [4.78, 5) is 11.8. The Morgan fingerprint density at radius 3 is 2.60 bits per heavy atom. The summed E-state index contributed by atoms with van der Waals surface area (Å²) < 4.78 is 24.1. The molecule has 0 aromatic carbocycles. The minimum Gasteiger partial charge on any atom is -0.316 e. The number of carbonyl (C=O) groups is 1. The molecule has 1 rings (SSSR count). The lowest BCUT2D eigenvalue weighted by Crippen LogP contribution is -2.44. The van der Waals surface area contributed by atoms with Gasteiger partial charge in [0.1, 0.15) is 0 Å². The third-order valence-corrected chi connectivity index (χ3v) is 3.29. The van der Waals surface area contributed by atoms with Crippen LogP contribution in [0, 0.1) is 5.41 Å². The van der Waals surface area contributed by atoms with Gasteiger partial charge in [0, 0.05) is 6.54 Å². The normalized spacial score (nSPS) is 26.5. The van der Waals surface area contributed by atoms with E-state index >= 15 is 0 Å². The lowest BCUT2D eigenvalue weighted by Gasteiger charge is -2.25. The van der Waals surface area contributed by atoms with E-state index in [0.717, 1.165) is 25.6 Å². The molecule has 1 aliphatic rings. The average molecular weight is 234 g/mol. The largest absolute Gasteiger partial charge is 0.316 e. The van der Waals surface area contributed by atoms with Crippen LogP contribution in [-0.4, -0.2) is 33.7 Å². The van der Waals surface area contributed by atoms with Crippen molar-refractivity contribution in [1.29, 1.82) is 0 Å². The quantitative estimate of drug-likeness (QED) is 0.709. The van der Waals surface area contributed by atoms with Crippen LogP contribution in [0.4, 0.5) is 0 Å². The van der Waals surface area contributed by atoms with Crippen LogP contribution >= 0.6 is 0 Å². The van der Waals surface area contributed by atoms with Crippen LogP contribution in [0.2, 0.25) is 0 Å². The third kappa shape index (κ3) is 3.17. The molecule has 1 atom stereocenters. The molecule has 0 saturated carbocycles. The van der Waals surface area contributed by atoms with Gasteiger partial charge in [0.25, 0.3) is 0 Å². The molecule has 1 unspecified atom stereocenters. The average Bonchev–Trinajstić information content (AvgIpc) is 2.51. The van der Waals surface area contributed by atoms with Gasteiger partial charge in [0.2, 0.25) is 15.9 Å². The fourth-order valence-corrected chi connectivity index (χ4v) is 2.57. The molecule has 0 spiro atoms. The monoisotopic (exact) mass is 234 g/mol. The van der Waals surface area contributed by atoms with Crippen molar-refractivity contribution in [1.82, 2.24) is 10.0 Å². The number of rotatable bonds is 4. The summed E-state index contributed by atoms with van der Waals surface area (Å²) in [5.74, 6) is -0.364. The Hall–Kier alpha value is -0.620. The second-order valence-corrected chi connectivity index (χ2v) is 5.91. The van der Waals surface area contributed by atoms with Crippen molar-refractivity contribution in [2.75, 3.05) is 19.3 Å². The maximum absolute atomic E-state index is 11.8. The Balaban J connectivity index is 2.76. The molecule has 6 heteroatoms. The highest BCUT2D eigenvalue weighted by molar-refractivity contribution is 7.89. The van der Waals surface area contributed by atoms with Crippen molar-refractivity contribution >= 4 is 15.9 Å². The smallest absolute Gasteiger partial charge is 0.240 e. The Kier molecular flexibility index (Phi) is 3.72. The third-order valence-electron chi connectivity index (χ3n) is 2.73. The van der Waals surface area contributed by atoms with E-state index in [4.69, 9.17) is 0 Å². The summed E-state index contributed by atoms with van der Waals surface area (Å²) in [7, 11) is -3.44. The number of hydrogen-bond acceptors (Lipinski definition) is 4. The van der Waals surface area contributed by atoms with Gasteiger partial charge in [-0.15, -0.1) is 0 Å². The Bertz CT molecular complexity index is 331. The van der Waals surface area contributed by atoms with Crippen LogP contribution in [0.1, 0.15) is 26.2 Å². The highest BCUT2D eigenvalue weighted by Crippen LogP contribution is 2.31. The van der Waals surface area contributed by atoms with E-state index < -0.39 is 15.4 Å². The van der Waals surface area contributed by atoms with E-state index in [1.165, 1.54) is 0 Å². The van der Waals surface area contributed by atoms with Gasteiger partial charge in [-0.3, -0.25) is 9.52 Å². The van der Waals surface area contributed by atoms with Gasteiger partial charge in [-0.1, -0.05) is 13.3 Å². The molecule has 0 aliphatic carbocycles. The summed E-state index contributed by atoms with van der Waals surface area (Å²) in [6, 6.07) is 0. The molecule has 0 aromatic rings. The second-order valence-electron chi connectivity index (χ2n) is 4.16. The fourth-order valence-electron chi connectivity index (χ4n) is 2.02. The number of nitrogens with one attached hydrogen (secondary N) is 2. The van der Waals surface area contributed by atoms with E-state index in [2.05, 4.69) is 10.0 Å². The Labute approximate surface area is 90.7 Å². The molecule has 0 bridgehead atoms. The summed E-state index contributed by atoms with van der Waals surface area (Å²) in [6.45, 7) is 3.34. The summed E-state index contributed by atoms with van der Waals surface area (Å²) >= 11 is 0. The van der Waals surface area contributed by atoms with Gasteiger partial charge in [0.15, 0.2) is 0 Å². The number of amides is 1. The van der Waals surface area contributed by atoms with Gasteiger partial charge in [-0.05, 0) is 19.4 Å². The molecular formula is C9H18N2O3S. The molecule has 0 aromatic heterocycles. The first-order chi connectivity index (χ1) is 6.90. The fraction of sp³-hybridized carbons (Fsp3) is 0.889. The lowest BCUT2D eigenvalue weighted by molar-refractivity contribution is -0.128. The predicted molar refractivity (Wildman–Crippen MR) is 57.8 cm³/mol. The minimum absolute atomic E-state index is 0.364. The van der Waals surface area contributed by atoms with Crippen LogP contribution in [0.5, 0.6) is 0 Å². The predicted octanol–water partition coefficient (Wildman–Crippen LogP) is -0.158. The summed E-state index contributed by atoms with van der Waals surface area (Å²) in [6.07, 6.45) is 3.31. The lowest BCUT2D eigenvalue weighted by atomic mass is 9.82. The molecule has 1 amide bonds. The zero-order valence-electron chi connectivity index (χ0n) is 9.17. The summed E-state index contributed by atoms with van der Waals surface area (Å²) in [5, 5.41) is 3.11. The van der Waals surface area contributed by atoms with Crippen LogP contribution in [-0.2, 0) is 14.8 Å². The molecular weight excluding hydrogens is 216 g/mol. The van der Waals surface area contributed by atoms with Gasteiger partial charge in [0.05, 0.1) is 11.7 Å². The van der Waals surface area contributed by atoms with Crippen molar-refractivity contribution in [3.05, 3.63) is 0 Å². The first-order valence-corrected chi connectivity index (χ1v) is 7.02. The molecule has 5 nitrogen and oxygen atoms in total. The van der Waals surface area contributed by atoms with Crippen molar-refractivity contribution in [2.24, 2.45) is 5.41 Å². The topological polar surface area (TPSA) is 75.3 Å². The Morgan fingerprint density at radius 2 is 2.20 bits per heavy atom. The molecule has 2 N–H and O–H groups in total. The van der Waals surface area contributed by atoms with Gasteiger partial charge >= 0.3 is 0 Å². The molecule has 1 fully saturated rings. The Morgan fingerprint density at radius 1 is 1.53 bits per heavy atom. The first kappa shape index (κ1) is 12.4. The molecule has 88 valence electrons. The number of hydrogen-bond donors (Lipinski definition) is 2. The van der Waals surface area contributed by atoms with Crippen LogP contribution in [0.15, 0.2) is 0 Å².